The molecule has 0 bridgehead atoms. The predicted octanol–water partition coefficient (Wildman–Crippen LogP) is -0.817. The standard InChI is InChI=1S/C3H7BNO/c1-4-2-6-3-5-1/h5H,1-3H2. The van der Waals surface area contributed by atoms with Crippen molar-refractivity contribution in [2.75, 3.05) is 19.7 Å². The van der Waals surface area contributed by atoms with Crippen molar-refractivity contribution in [1.82, 2.24) is 5.32 Å². The maximum Gasteiger partial charge on any atom is 0.163 e. The molecule has 2 nitrogen and oxygen atoms in total. The van der Waals surface area contributed by atoms with E-state index in [1.54, 1.807) is 0 Å². The van der Waals surface area contributed by atoms with Gasteiger partial charge in [-0.15, -0.1) is 0 Å². The van der Waals surface area contributed by atoms with Crippen molar-refractivity contribution >= 4 is 7.28 Å². The molecule has 0 amide bonds. The summed E-state index contributed by atoms with van der Waals surface area (Å²) in [5.74, 6) is 0. The zero-order chi connectivity index (χ0) is 4.24. The first kappa shape index (κ1) is 4.15. The summed E-state index contributed by atoms with van der Waals surface area (Å²) < 4.78 is 4.90. The molecule has 1 aliphatic rings. The Morgan fingerprint density at radius 1 is 1.67 bits per heavy atom. The van der Waals surface area contributed by atoms with Crippen LogP contribution in [0.15, 0.2) is 0 Å². The minimum Gasteiger partial charge on any atom is -0.375 e. The average molecular weight is 83.9 g/mol. The molecule has 1 radical (unpaired) electrons. The third kappa shape index (κ3) is 0.991. The number of rotatable bonds is 0. The molecule has 6 heavy (non-hydrogen) atoms. The monoisotopic (exact) mass is 84.1 g/mol. The summed E-state index contributed by atoms with van der Waals surface area (Å²) in [6.45, 7) is 1.53. The second kappa shape index (κ2) is 2.21. The fraction of sp³-hybridized carbons (Fsp3) is 1.00. The quantitative estimate of drug-likeness (QED) is 0.387. The highest BCUT2D eigenvalue weighted by Gasteiger charge is 1.95. The van der Waals surface area contributed by atoms with Crippen molar-refractivity contribution < 1.29 is 4.74 Å². The number of hydrogen-bond donors (Lipinski definition) is 1. The van der Waals surface area contributed by atoms with Crippen molar-refractivity contribution in [2.45, 2.75) is 0 Å². The molecule has 1 N–H and O–H groups in total. The SMILES string of the molecule is [B]1CNCOC1. The molecule has 0 spiro atoms. The lowest BCUT2D eigenvalue weighted by Crippen LogP contribution is -2.32. The molecule has 0 saturated carbocycles. The van der Waals surface area contributed by atoms with E-state index in [1.807, 2.05) is 0 Å². The highest BCUT2D eigenvalue weighted by atomic mass is 16.5. The third-order valence-electron chi connectivity index (χ3n) is 0.729. The van der Waals surface area contributed by atoms with Crippen LogP contribution >= 0.6 is 0 Å². The fourth-order valence-electron chi connectivity index (χ4n) is 0.434. The van der Waals surface area contributed by atoms with E-state index >= 15 is 0 Å². The van der Waals surface area contributed by atoms with E-state index in [2.05, 4.69) is 12.6 Å². The summed E-state index contributed by atoms with van der Waals surface area (Å²) in [5.41, 5.74) is 0. The van der Waals surface area contributed by atoms with Crippen molar-refractivity contribution in [3.8, 4) is 0 Å². The Morgan fingerprint density at radius 3 is 2.83 bits per heavy atom. The normalized spacial score (nSPS) is 22.7. The van der Waals surface area contributed by atoms with Gasteiger partial charge < -0.3 is 10.1 Å². The van der Waals surface area contributed by atoms with Gasteiger partial charge in [0.25, 0.3) is 0 Å². The number of ether oxygens (including phenoxy) is 1. The fourth-order valence-corrected chi connectivity index (χ4v) is 0.434. The summed E-state index contributed by atoms with van der Waals surface area (Å²) in [5, 5.41) is 3.01. The Labute approximate surface area is 38.1 Å². The largest absolute Gasteiger partial charge is 0.375 e. The lowest BCUT2D eigenvalue weighted by molar-refractivity contribution is 0.148. The first-order chi connectivity index (χ1) is 3.00. The van der Waals surface area contributed by atoms with Crippen molar-refractivity contribution in [1.29, 1.82) is 0 Å². The van der Waals surface area contributed by atoms with E-state index < -0.39 is 0 Å². The maximum atomic E-state index is 4.90. The minimum absolute atomic E-state index is 0.719. The van der Waals surface area contributed by atoms with E-state index in [0.29, 0.717) is 0 Å². The maximum absolute atomic E-state index is 4.90. The molecule has 0 aromatic heterocycles. The molecule has 0 aliphatic carbocycles. The summed E-state index contributed by atoms with van der Waals surface area (Å²) >= 11 is 0. The molecule has 0 atom stereocenters. The van der Waals surface area contributed by atoms with Crippen LogP contribution in [0.25, 0.3) is 0 Å². The smallest absolute Gasteiger partial charge is 0.163 e. The molecular formula is C3H7BNO. The van der Waals surface area contributed by atoms with Gasteiger partial charge in [-0.1, -0.05) is 0 Å². The minimum atomic E-state index is 0.719. The highest BCUT2D eigenvalue weighted by Crippen LogP contribution is 1.73. The zero-order valence-electron chi connectivity index (χ0n) is 3.61. The Morgan fingerprint density at radius 2 is 2.67 bits per heavy atom. The van der Waals surface area contributed by atoms with Crippen LogP contribution in [0.1, 0.15) is 0 Å². The second-order valence-corrected chi connectivity index (χ2v) is 1.26. The van der Waals surface area contributed by atoms with Crippen LogP contribution in [0.2, 0.25) is 0 Å². The lowest BCUT2D eigenvalue weighted by Gasteiger charge is -2.09. The average Bonchev–Trinajstić information content (AvgIpc) is 1.72. The van der Waals surface area contributed by atoms with E-state index in [9.17, 15) is 0 Å². The number of nitrogens with one attached hydrogen (secondary N) is 1. The van der Waals surface area contributed by atoms with Gasteiger partial charge in [0.1, 0.15) is 0 Å². The molecule has 1 aliphatic heterocycles. The lowest BCUT2D eigenvalue weighted by atomic mass is 9.80. The Bertz CT molecular complexity index is 26.3. The molecular weight excluding hydrogens is 76.9 g/mol. The molecule has 0 unspecified atom stereocenters. The summed E-state index contributed by atoms with van der Waals surface area (Å²) in [6.07, 6.45) is 1.00. The second-order valence-electron chi connectivity index (χ2n) is 1.26. The van der Waals surface area contributed by atoms with Crippen LogP contribution in [-0.2, 0) is 4.74 Å². The van der Waals surface area contributed by atoms with Gasteiger partial charge in [-0.2, -0.15) is 0 Å². The highest BCUT2D eigenvalue weighted by molar-refractivity contribution is 6.35. The van der Waals surface area contributed by atoms with Crippen LogP contribution in [-0.4, -0.2) is 27.0 Å². The van der Waals surface area contributed by atoms with Gasteiger partial charge in [-0.25, -0.2) is 0 Å². The first-order valence-electron chi connectivity index (χ1n) is 2.10. The van der Waals surface area contributed by atoms with Gasteiger partial charge in [0.05, 0.1) is 6.73 Å². The van der Waals surface area contributed by atoms with Gasteiger partial charge in [0.15, 0.2) is 7.28 Å². The third-order valence-corrected chi connectivity index (χ3v) is 0.729. The molecule has 0 aromatic carbocycles. The van der Waals surface area contributed by atoms with Gasteiger partial charge >= 0.3 is 0 Å². The molecule has 0 aromatic rings. The molecule has 1 heterocycles. The number of hydrogen-bond acceptors (Lipinski definition) is 2. The predicted molar refractivity (Wildman–Crippen MR) is 24.6 cm³/mol. The van der Waals surface area contributed by atoms with E-state index in [-0.39, 0.29) is 0 Å². The summed E-state index contributed by atoms with van der Waals surface area (Å²) in [7, 11) is 2.06. The van der Waals surface area contributed by atoms with Crippen LogP contribution < -0.4 is 5.32 Å². The Balaban J connectivity index is 2.00. The molecule has 1 fully saturated rings. The van der Waals surface area contributed by atoms with Gasteiger partial charge in [0, 0.05) is 6.51 Å². The molecule has 1 saturated heterocycles. The van der Waals surface area contributed by atoms with Gasteiger partial charge in [-0.3, -0.25) is 0 Å². The first-order valence-corrected chi connectivity index (χ1v) is 2.10. The van der Waals surface area contributed by atoms with Crippen LogP contribution in [0, 0.1) is 0 Å². The topological polar surface area (TPSA) is 21.3 Å². The van der Waals surface area contributed by atoms with E-state index in [1.165, 1.54) is 0 Å². The zero-order valence-corrected chi connectivity index (χ0v) is 3.61. The summed E-state index contributed by atoms with van der Waals surface area (Å²) in [6, 6.07) is 0. The van der Waals surface area contributed by atoms with Crippen molar-refractivity contribution in [2.24, 2.45) is 0 Å². The summed E-state index contributed by atoms with van der Waals surface area (Å²) in [4.78, 5) is 0. The molecule has 3 heteroatoms. The van der Waals surface area contributed by atoms with Crippen molar-refractivity contribution in [3.05, 3.63) is 0 Å². The van der Waals surface area contributed by atoms with E-state index in [4.69, 9.17) is 4.74 Å². The van der Waals surface area contributed by atoms with E-state index in [0.717, 1.165) is 19.7 Å². The van der Waals surface area contributed by atoms with Crippen LogP contribution in [0.5, 0.6) is 0 Å². The molecule has 33 valence electrons. The van der Waals surface area contributed by atoms with Gasteiger partial charge in [-0.05, 0) is 6.44 Å². The Hall–Kier alpha value is -0.0151. The van der Waals surface area contributed by atoms with Crippen molar-refractivity contribution in [3.63, 3.8) is 0 Å². The van der Waals surface area contributed by atoms with Gasteiger partial charge in [0.2, 0.25) is 0 Å². The van der Waals surface area contributed by atoms with Crippen LogP contribution in [0.3, 0.4) is 0 Å². The Kier molecular flexibility index (Phi) is 1.53. The van der Waals surface area contributed by atoms with Crippen LogP contribution in [0.4, 0.5) is 0 Å². The molecule has 1 rings (SSSR count).